The van der Waals surface area contributed by atoms with Crippen molar-refractivity contribution in [3.8, 4) is 0 Å². The molecule has 114 valence electrons. The number of carbonyl (C=O) groups excluding carboxylic acids is 1. The fourth-order valence-electron chi connectivity index (χ4n) is 2.56. The lowest BCUT2D eigenvalue weighted by molar-refractivity contribution is -0.115. The molecule has 1 amide bonds. The van der Waals surface area contributed by atoms with Crippen LogP contribution in [0.4, 0.5) is 5.69 Å². The molecule has 23 heavy (non-hydrogen) atoms. The summed E-state index contributed by atoms with van der Waals surface area (Å²) in [6.07, 6.45) is 3.99. The van der Waals surface area contributed by atoms with Gasteiger partial charge in [0.05, 0.1) is 12.1 Å². The molecular weight excluding hydrogens is 292 g/mol. The van der Waals surface area contributed by atoms with Crippen molar-refractivity contribution in [2.75, 3.05) is 5.32 Å². The highest BCUT2D eigenvalue weighted by Gasteiger charge is 2.09. The number of oxazole rings is 1. The quantitative estimate of drug-likeness (QED) is 0.631. The lowest BCUT2D eigenvalue weighted by Crippen LogP contribution is -2.14. The third-order valence-electron chi connectivity index (χ3n) is 3.53. The number of fused-ring (bicyclic) bond motifs is 2. The first kappa shape index (κ1) is 13.5. The molecule has 6 heteroatoms. The standard InChI is InChI=1S/C17H14N4O2/c1-11-18-14-8-12(5-6-15(14)23-11)20-17(22)9-13-10-21-7-3-2-4-16(21)19-13/h2-8,10H,9H2,1H3,(H,20,22). The fourth-order valence-corrected chi connectivity index (χ4v) is 2.56. The van der Waals surface area contributed by atoms with Crippen molar-refractivity contribution < 1.29 is 9.21 Å². The van der Waals surface area contributed by atoms with E-state index in [2.05, 4.69) is 15.3 Å². The molecule has 0 fully saturated rings. The van der Waals surface area contributed by atoms with E-state index in [4.69, 9.17) is 4.42 Å². The van der Waals surface area contributed by atoms with Crippen LogP contribution in [-0.2, 0) is 11.2 Å². The number of imidazole rings is 1. The van der Waals surface area contributed by atoms with E-state index in [0.717, 1.165) is 16.9 Å². The summed E-state index contributed by atoms with van der Waals surface area (Å²) in [7, 11) is 0. The highest BCUT2D eigenvalue weighted by atomic mass is 16.3. The minimum absolute atomic E-state index is 0.118. The highest BCUT2D eigenvalue weighted by molar-refractivity contribution is 5.93. The molecule has 0 radical (unpaired) electrons. The van der Waals surface area contributed by atoms with Crippen molar-refractivity contribution >= 4 is 28.3 Å². The first-order valence-electron chi connectivity index (χ1n) is 7.27. The second kappa shape index (κ2) is 5.24. The highest BCUT2D eigenvalue weighted by Crippen LogP contribution is 2.19. The number of rotatable bonds is 3. The molecule has 0 bridgehead atoms. The Labute approximate surface area is 131 Å². The zero-order chi connectivity index (χ0) is 15.8. The number of hydrogen-bond donors (Lipinski definition) is 1. The molecular formula is C17H14N4O2. The predicted molar refractivity (Wildman–Crippen MR) is 86.3 cm³/mol. The van der Waals surface area contributed by atoms with Crippen LogP contribution < -0.4 is 5.32 Å². The number of pyridine rings is 1. The molecule has 0 saturated heterocycles. The molecule has 0 unspecified atom stereocenters. The van der Waals surface area contributed by atoms with Gasteiger partial charge in [0.25, 0.3) is 0 Å². The molecule has 0 saturated carbocycles. The van der Waals surface area contributed by atoms with Gasteiger partial charge < -0.3 is 14.1 Å². The number of nitrogens with zero attached hydrogens (tertiary/aromatic N) is 3. The minimum Gasteiger partial charge on any atom is -0.441 e. The summed E-state index contributed by atoms with van der Waals surface area (Å²) in [5.41, 5.74) is 3.69. The molecule has 1 N–H and O–H groups in total. The molecule has 0 spiro atoms. The van der Waals surface area contributed by atoms with E-state index in [1.807, 2.05) is 35.0 Å². The Morgan fingerprint density at radius 1 is 1.26 bits per heavy atom. The minimum atomic E-state index is -0.118. The smallest absolute Gasteiger partial charge is 0.230 e. The summed E-state index contributed by atoms with van der Waals surface area (Å²) >= 11 is 0. The van der Waals surface area contributed by atoms with E-state index >= 15 is 0 Å². The van der Waals surface area contributed by atoms with Crippen LogP contribution in [0.15, 0.2) is 53.2 Å². The maximum atomic E-state index is 12.2. The van der Waals surface area contributed by atoms with Crippen LogP contribution in [0, 0.1) is 6.92 Å². The third kappa shape index (κ3) is 2.66. The van der Waals surface area contributed by atoms with Gasteiger partial charge in [-0.1, -0.05) is 6.07 Å². The van der Waals surface area contributed by atoms with E-state index in [9.17, 15) is 4.79 Å². The maximum Gasteiger partial charge on any atom is 0.230 e. The van der Waals surface area contributed by atoms with Gasteiger partial charge in [-0.25, -0.2) is 9.97 Å². The molecule has 0 aliphatic heterocycles. The lowest BCUT2D eigenvalue weighted by atomic mass is 10.2. The Hall–Kier alpha value is -3.15. The average molecular weight is 306 g/mol. The van der Waals surface area contributed by atoms with E-state index in [-0.39, 0.29) is 12.3 Å². The molecule has 6 nitrogen and oxygen atoms in total. The number of amides is 1. The van der Waals surface area contributed by atoms with E-state index < -0.39 is 0 Å². The van der Waals surface area contributed by atoms with Gasteiger partial charge in [0.1, 0.15) is 11.2 Å². The largest absolute Gasteiger partial charge is 0.441 e. The normalized spacial score (nSPS) is 11.2. The van der Waals surface area contributed by atoms with Crippen molar-refractivity contribution in [2.24, 2.45) is 0 Å². The monoisotopic (exact) mass is 306 g/mol. The number of aryl methyl sites for hydroxylation is 1. The topological polar surface area (TPSA) is 72.4 Å². The molecule has 4 rings (SSSR count). The Morgan fingerprint density at radius 2 is 2.17 bits per heavy atom. The van der Waals surface area contributed by atoms with Crippen molar-refractivity contribution in [3.05, 3.63) is 60.4 Å². The first-order chi connectivity index (χ1) is 11.2. The Bertz CT molecular complexity index is 983. The van der Waals surface area contributed by atoms with Crippen LogP contribution >= 0.6 is 0 Å². The van der Waals surface area contributed by atoms with Gasteiger partial charge in [0.15, 0.2) is 11.5 Å². The molecule has 3 aromatic heterocycles. The Morgan fingerprint density at radius 3 is 3.04 bits per heavy atom. The van der Waals surface area contributed by atoms with E-state index in [1.54, 1.807) is 25.1 Å². The van der Waals surface area contributed by atoms with Crippen LogP contribution in [0.25, 0.3) is 16.7 Å². The summed E-state index contributed by atoms with van der Waals surface area (Å²) in [6.45, 7) is 1.79. The molecule has 0 atom stereocenters. The Kier molecular flexibility index (Phi) is 3.08. The number of nitrogens with one attached hydrogen (secondary N) is 1. The fraction of sp³-hybridized carbons (Fsp3) is 0.118. The summed E-state index contributed by atoms with van der Waals surface area (Å²) in [5.74, 6) is 0.487. The van der Waals surface area contributed by atoms with Gasteiger partial charge in [-0.05, 0) is 30.3 Å². The Balaban J connectivity index is 1.51. The summed E-state index contributed by atoms with van der Waals surface area (Å²) in [5, 5.41) is 2.87. The second-order valence-corrected chi connectivity index (χ2v) is 5.34. The van der Waals surface area contributed by atoms with Crippen LogP contribution in [-0.4, -0.2) is 20.3 Å². The number of carbonyl (C=O) groups is 1. The van der Waals surface area contributed by atoms with Crippen LogP contribution in [0.5, 0.6) is 0 Å². The average Bonchev–Trinajstić information content (AvgIpc) is 3.07. The number of hydrogen-bond acceptors (Lipinski definition) is 4. The summed E-state index contributed by atoms with van der Waals surface area (Å²) in [6, 6.07) is 11.1. The zero-order valence-electron chi connectivity index (χ0n) is 12.5. The first-order valence-corrected chi connectivity index (χ1v) is 7.27. The van der Waals surface area contributed by atoms with Crippen LogP contribution in [0.3, 0.4) is 0 Å². The van der Waals surface area contributed by atoms with Crippen LogP contribution in [0.2, 0.25) is 0 Å². The zero-order valence-corrected chi connectivity index (χ0v) is 12.5. The molecule has 0 aliphatic carbocycles. The SMILES string of the molecule is Cc1nc2cc(NC(=O)Cc3cn4ccccc4n3)ccc2o1. The number of benzene rings is 1. The number of aromatic nitrogens is 3. The van der Waals surface area contributed by atoms with Crippen molar-refractivity contribution in [2.45, 2.75) is 13.3 Å². The predicted octanol–water partition coefficient (Wildman–Crippen LogP) is 2.97. The van der Waals surface area contributed by atoms with Crippen LogP contribution in [0.1, 0.15) is 11.6 Å². The molecule has 4 aromatic rings. The van der Waals surface area contributed by atoms with E-state index in [1.165, 1.54) is 0 Å². The second-order valence-electron chi connectivity index (χ2n) is 5.34. The van der Waals surface area contributed by atoms with Gasteiger partial charge in [-0.15, -0.1) is 0 Å². The van der Waals surface area contributed by atoms with Crippen molar-refractivity contribution in [1.29, 1.82) is 0 Å². The van der Waals surface area contributed by atoms with Gasteiger partial charge in [0, 0.05) is 25.0 Å². The van der Waals surface area contributed by atoms with Crippen molar-refractivity contribution in [3.63, 3.8) is 0 Å². The molecule has 3 heterocycles. The van der Waals surface area contributed by atoms with Gasteiger partial charge in [0.2, 0.25) is 5.91 Å². The van der Waals surface area contributed by atoms with E-state index in [0.29, 0.717) is 17.2 Å². The number of anilines is 1. The molecule has 1 aromatic carbocycles. The lowest BCUT2D eigenvalue weighted by Gasteiger charge is -2.03. The molecule has 0 aliphatic rings. The summed E-state index contributed by atoms with van der Waals surface area (Å²) in [4.78, 5) is 20.9. The third-order valence-corrected chi connectivity index (χ3v) is 3.53. The van der Waals surface area contributed by atoms with Gasteiger partial charge in [-0.2, -0.15) is 0 Å². The van der Waals surface area contributed by atoms with Gasteiger partial charge in [-0.3, -0.25) is 4.79 Å². The van der Waals surface area contributed by atoms with Gasteiger partial charge >= 0.3 is 0 Å². The van der Waals surface area contributed by atoms with Crippen molar-refractivity contribution in [1.82, 2.24) is 14.4 Å². The summed E-state index contributed by atoms with van der Waals surface area (Å²) < 4.78 is 7.32. The maximum absolute atomic E-state index is 12.2.